The van der Waals surface area contributed by atoms with E-state index in [0.717, 1.165) is 0 Å². The van der Waals surface area contributed by atoms with Gasteiger partial charge in [-0.3, -0.25) is 20.4 Å². The van der Waals surface area contributed by atoms with Gasteiger partial charge in [0.15, 0.2) is 6.29 Å². The lowest BCUT2D eigenvalue weighted by atomic mass is 10.5. The third-order valence-corrected chi connectivity index (χ3v) is 1.22. The lowest BCUT2D eigenvalue weighted by Crippen LogP contribution is -2.41. The number of rotatable bonds is 0. The number of amides is 1. The van der Waals surface area contributed by atoms with Crippen LogP contribution in [0.25, 0.3) is 0 Å². The van der Waals surface area contributed by atoms with E-state index in [1.54, 1.807) is 18.5 Å². The van der Waals surface area contributed by atoms with Crippen molar-refractivity contribution < 1.29 is 4.79 Å². The highest BCUT2D eigenvalue weighted by molar-refractivity contribution is 5.79. The molecule has 0 bridgehead atoms. The fourth-order valence-electron chi connectivity index (χ4n) is 0.720. The Labute approximate surface area is 59.0 Å². The summed E-state index contributed by atoms with van der Waals surface area (Å²) in [6.07, 6.45) is 4.32. The van der Waals surface area contributed by atoms with E-state index in [2.05, 4.69) is 4.99 Å². The van der Waals surface area contributed by atoms with Crippen molar-refractivity contribution >= 4 is 12.1 Å². The van der Waals surface area contributed by atoms with Gasteiger partial charge in [-0.25, -0.2) is 0 Å². The zero-order valence-electron chi connectivity index (χ0n) is 5.69. The second kappa shape index (κ2) is 2.62. The van der Waals surface area contributed by atoms with Gasteiger partial charge in [0.25, 0.3) is 0 Å². The first-order valence-corrected chi connectivity index (χ1v) is 2.96. The summed E-state index contributed by atoms with van der Waals surface area (Å²) in [7, 11) is 0. The SMILES string of the molecule is CC(=O)N1C=CC=NC1N. The molecule has 1 aliphatic rings. The second-order valence-corrected chi connectivity index (χ2v) is 1.98. The van der Waals surface area contributed by atoms with Crippen LogP contribution >= 0.6 is 0 Å². The van der Waals surface area contributed by atoms with Gasteiger partial charge in [-0.2, -0.15) is 0 Å². The molecule has 10 heavy (non-hydrogen) atoms. The Morgan fingerprint density at radius 1 is 1.80 bits per heavy atom. The van der Waals surface area contributed by atoms with E-state index >= 15 is 0 Å². The molecule has 0 aromatic carbocycles. The van der Waals surface area contributed by atoms with E-state index < -0.39 is 6.29 Å². The summed E-state index contributed by atoms with van der Waals surface area (Å²) >= 11 is 0. The molecule has 1 aliphatic heterocycles. The second-order valence-electron chi connectivity index (χ2n) is 1.98. The molecule has 1 atom stereocenters. The van der Waals surface area contributed by atoms with E-state index in [0.29, 0.717) is 0 Å². The highest BCUT2D eigenvalue weighted by Crippen LogP contribution is 2.00. The maximum Gasteiger partial charge on any atom is 0.226 e. The van der Waals surface area contributed by atoms with Gasteiger partial charge in [-0.15, -0.1) is 0 Å². The molecule has 0 aliphatic carbocycles. The molecule has 0 saturated heterocycles. The number of aliphatic imine (C=N–C) groups is 1. The number of hydrogen-bond acceptors (Lipinski definition) is 3. The van der Waals surface area contributed by atoms with Crippen LogP contribution in [0.15, 0.2) is 17.3 Å². The Hall–Kier alpha value is -1.16. The molecule has 0 fully saturated rings. The van der Waals surface area contributed by atoms with Crippen molar-refractivity contribution in [2.45, 2.75) is 13.2 Å². The predicted molar refractivity (Wildman–Crippen MR) is 38.1 cm³/mol. The van der Waals surface area contributed by atoms with Crippen LogP contribution in [0.5, 0.6) is 0 Å². The van der Waals surface area contributed by atoms with Crippen LogP contribution in [0.3, 0.4) is 0 Å². The average Bonchev–Trinajstić information content (AvgIpc) is 1.88. The number of nitrogens with two attached hydrogens (primary N) is 1. The van der Waals surface area contributed by atoms with Crippen molar-refractivity contribution in [2.24, 2.45) is 10.7 Å². The zero-order chi connectivity index (χ0) is 7.56. The van der Waals surface area contributed by atoms with Crippen LogP contribution in [0.1, 0.15) is 6.92 Å². The summed E-state index contributed by atoms with van der Waals surface area (Å²) in [6.45, 7) is 1.45. The van der Waals surface area contributed by atoms with E-state index in [1.165, 1.54) is 11.8 Å². The lowest BCUT2D eigenvalue weighted by molar-refractivity contribution is -0.127. The van der Waals surface area contributed by atoms with E-state index in [-0.39, 0.29) is 5.91 Å². The van der Waals surface area contributed by atoms with Gasteiger partial charge in [0.2, 0.25) is 5.91 Å². The van der Waals surface area contributed by atoms with Gasteiger partial charge in [0, 0.05) is 19.3 Å². The van der Waals surface area contributed by atoms with Gasteiger partial charge in [-0.1, -0.05) is 0 Å². The van der Waals surface area contributed by atoms with Crippen molar-refractivity contribution in [2.75, 3.05) is 0 Å². The topological polar surface area (TPSA) is 58.7 Å². The smallest absolute Gasteiger partial charge is 0.226 e. The molecular weight excluding hydrogens is 130 g/mol. The largest absolute Gasteiger partial charge is 0.292 e. The summed E-state index contributed by atoms with van der Waals surface area (Å²) < 4.78 is 0. The lowest BCUT2D eigenvalue weighted by Gasteiger charge is -2.22. The summed E-state index contributed by atoms with van der Waals surface area (Å²) in [5.41, 5.74) is 5.44. The first kappa shape index (κ1) is 6.95. The Kier molecular flexibility index (Phi) is 1.82. The molecule has 0 spiro atoms. The van der Waals surface area contributed by atoms with Crippen LogP contribution in [-0.4, -0.2) is 23.3 Å². The molecule has 0 radical (unpaired) electrons. The number of carbonyl (C=O) groups is 1. The molecular formula is C6H9N3O. The zero-order valence-corrected chi connectivity index (χ0v) is 5.69. The van der Waals surface area contributed by atoms with Crippen molar-refractivity contribution in [1.82, 2.24) is 4.90 Å². The molecule has 4 nitrogen and oxygen atoms in total. The third-order valence-electron chi connectivity index (χ3n) is 1.22. The first-order chi connectivity index (χ1) is 4.72. The molecule has 1 amide bonds. The van der Waals surface area contributed by atoms with E-state index in [9.17, 15) is 4.79 Å². The first-order valence-electron chi connectivity index (χ1n) is 2.96. The minimum Gasteiger partial charge on any atom is -0.292 e. The van der Waals surface area contributed by atoms with Gasteiger partial charge in [-0.05, 0) is 6.08 Å². The molecule has 0 aromatic rings. The standard InChI is InChI=1S/C6H9N3O/c1-5(10)9-4-2-3-8-6(9)7/h2-4,6H,7H2,1H3. The molecule has 2 N–H and O–H groups in total. The fourth-order valence-corrected chi connectivity index (χ4v) is 0.720. The quantitative estimate of drug-likeness (QED) is 0.499. The molecule has 1 unspecified atom stereocenters. The van der Waals surface area contributed by atoms with Crippen LogP contribution in [-0.2, 0) is 4.79 Å². The summed E-state index contributed by atoms with van der Waals surface area (Å²) in [5.74, 6) is -0.0967. The molecule has 0 saturated carbocycles. The van der Waals surface area contributed by atoms with Gasteiger partial charge >= 0.3 is 0 Å². The summed E-state index contributed by atoms with van der Waals surface area (Å²) in [5, 5.41) is 0. The van der Waals surface area contributed by atoms with Crippen LogP contribution < -0.4 is 5.73 Å². The van der Waals surface area contributed by atoms with Gasteiger partial charge in [0.05, 0.1) is 0 Å². The highest BCUT2D eigenvalue weighted by Gasteiger charge is 2.13. The predicted octanol–water partition coefficient (Wildman–Crippen LogP) is -0.325. The molecule has 1 rings (SSSR count). The maximum absolute atomic E-state index is 10.7. The van der Waals surface area contributed by atoms with Gasteiger partial charge < -0.3 is 0 Å². The summed E-state index contributed by atoms with van der Waals surface area (Å²) in [4.78, 5) is 15.9. The van der Waals surface area contributed by atoms with Crippen molar-refractivity contribution in [3.05, 3.63) is 12.3 Å². The minimum absolute atomic E-state index is 0.0967. The van der Waals surface area contributed by atoms with Crippen molar-refractivity contribution in [3.8, 4) is 0 Å². The molecule has 54 valence electrons. The van der Waals surface area contributed by atoms with Gasteiger partial charge in [0.1, 0.15) is 0 Å². The number of nitrogens with zero attached hydrogens (tertiary/aromatic N) is 2. The number of carbonyl (C=O) groups excluding carboxylic acids is 1. The number of allylic oxidation sites excluding steroid dienone is 1. The monoisotopic (exact) mass is 139 g/mol. The fraction of sp³-hybridized carbons (Fsp3) is 0.333. The minimum atomic E-state index is -0.539. The Bertz CT molecular complexity index is 197. The third kappa shape index (κ3) is 1.22. The normalized spacial score (nSPS) is 23.4. The molecule has 0 aromatic heterocycles. The van der Waals surface area contributed by atoms with Crippen LogP contribution in [0, 0.1) is 0 Å². The van der Waals surface area contributed by atoms with E-state index in [4.69, 9.17) is 5.73 Å². The molecule has 1 heterocycles. The highest BCUT2D eigenvalue weighted by atomic mass is 16.2. The Balaban J connectivity index is 2.70. The number of hydrogen-bond donors (Lipinski definition) is 1. The van der Waals surface area contributed by atoms with Crippen molar-refractivity contribution in [1.29, 1.82) is 0 Å². The summed E-state index contributed by atoms with van der Waals surface area (Å²) in [6, 6.07) is 0. The average molecular weight is 139 g/mol. The van der Waals surface area contributed by atoms with Crippen LogP contribution in [0.4, 0.5) is 0 Å². The maximum atomic E-state index is 10.7. The Morgan fingerprint density at radius 2 is 2.50 bits per heavy atom. The Morgan fingerprint density at radius 3 is 2.90 bits per heavy atom. The van der Waals surface area contributed by atoms with Crippen molar-refractivity contribution in [3.63, 3.8) is 0 Å². The molecule has 4 heteroatoms. The van der Waals surface area contributed by atoms with Crippen LogP contribution in [0.2, 0.25) is 0 Å². The van der Waals surface area contributed by atoms with E-state index in [1.807, 2.05) is 0 Å².